The molecule has 0 spiro atoms. The van der Waals surface area contributed by atoms with Crippen molar-refractivity contribution in [3.05, 3.63) is 35.1 Å². The molecule has 0 bridgehead atoms. The molecule has 0 radical (unpaired) electrons. The largest absolute Gasteiger partial charge is 0.419 e. The van der Waals surface area contributed by atoms with E-state index in [0.717, 1.165) is 44.5 Å². The standard InChI is InChI=1S/C15H19F4N/c1-2-3-11-9-20-7-6-12(11)10-4-5-14(16)13(8-10)15(17,18)19/h4-5,8,11-12,20H,2-3,6-7,9H2,1H3. The maximum atomic E-state index is 13.3. The summed E-state index contributed by atoms with van der Waals surface area (Å²) in [5.74, 6) is -0.791. The van der Waals surface area contributed by atoms with Crippen LogP contribution >= 0.6 is 0 Å². The average molecular weight is 289 g/mol. The summed E-state index contributed by atoms with van der Waals surface area (Å²) in [6, 6.07) is 3.44. The normalized spacial score (nSPS) is 23.9. The molecule has 1 N–H and O–H groups in total. The van der Waals surface area contributed by atoms with E-state index < -0.39 is 17.6 Å². The molecule has 1 nitrogen and oxygen atoms in total. The Kier molecular flexibility index (Phi) is 4.68. The van der Waals surface area contributed by atoms with Crippen molar-refractivity contribution in [2.24, 2.45) is 5.92 Å². The molecule has 1 aliphatic rings. The molecule has 0 aromatic heterocycles. The van der Waals surface area contributed by atoms with Crippen LogP contribution in [0.5, 0.6) is 0 Å². The lowest BCUT2D eigenvalue weighted by molar-refractivity contribution is -0.140. The van der Waals surface area contributed by atoms with Crippen molar-refractivity contribution in [2.45, 2.75) is 38.3 Å². The Morgan fingerprint density at radius 3 is 2.70 bits per heavy atom. The van der Waals surface area contributed by atoms with Crippen LogP contribution in [0.25, 0.3) is 0 Å². The maximum absolute atomic E-state index is 13.3. The lowest BCUT2D eigenvalue weighted by atomic mass is 9.78. The molecule has 2 unspecified atom stereocenters. The molecular formula is C15H19F4N. The van der Waals surface area contributed by atoms with Crippen LogP contribution in [-0.4, -0.2) is 13.1 Å². The fourth-order valence-electron chi connectivity index (χ4n) is 3.03. The zero-order valence-corrected chi connectivity index (χ0v) is 11.4. The first kappa shape index (κ1) is 15.3. The zero-order valence-electron chi connectivity index (χ0n) is 11.4. The van der Waals surface area contributed by atoms with E-state index in [2.05, 4.69) is 12.2 Å². The molecule has 1 heterocycles. The molecule has 2 rings (SSSR count). The fraction of sp³-hybridized carbons (Fsp3) is 0.600. The van der Waals surface area contributed by atoms with Crippen LogP contribution in [0.2, 0.25) is 0 Å². The molecule has 2 atom stereocenters. The summed E-state index contributed by atoms with van der Waals surface area (Å²) in [5, 5.41) is 3.28. The molecule has 20 heavy (non-hydrogen) atoms. The predicted molar refractivity (Wildman–Crippen MR) is 70.0 cm³/mol. The highest BCUT2D eigenvalue weighted by molar-refractivity contribution is 5.30. The van der Waals surface area contributed by atoms with Gasteiger partial charge in [-0.1, -0.05) is 19.4 Å². The number of piperidine rings is 1. The van der Waals surface area contributed by atoms with Crippen molar-refractivity contribution in [1.82, 2.24) is 5.32 Å². The fourth-order valence-corrected chi connectivity index (χ4v) is 3.03. The van der Waals surface area contributed by atoms with E-state index in [1.807, 2.05) is 0 Å². The Hall–Kier alpha value is -1.10. The Balaban J connectivity index is 2.31. The van der Waals surface area contributed by atoms with Gasteiger partial charge in [-0.25, -0.2) is 4.39 Å². The van der Waals surface area contributed by atoms with Gasteiger partial charge in [0.1, 0.15) is 5.82 Å². The molecule has 1 fully saturated rings. The second kappa shape index (κ2) is 6.12. The Labute approximate surface area is 116 Å². The van der Waals surface area contributed by atoms with Crippen molar-refractivity contribution >= 4 is 0 Å². The van der Waals surface area contributed by atoms with E-state index in [9.17, 15) is 17.6 Å². The SMILES string of the molecule is CCCC1CNCCC1c1ccc(F)c(C(F)(F)F)c1. The van der Waals surface area contributed by atoms with Gasteiger partial charge in [0.2, 0.25) is 0 Å². The highest BCUT2D eigenvalue weighted by atomic mass is 19.4. The molecule has 1 aromatic rings. The number of nitrogens with one attached hydrogen (secondary N) is 1. The van der Waals surface area contributed by atoms with Crippen molar-refractivity contribution < 1.29 is 17.6 Å². The number of hydrogen-bond donors (Lipinski definition) is 1. The predicted octanol–water partition coefficient (Wildman–Crippen LogP) is 4.34. The first-order chi connectivity index (χ1) is 9.43. The quantitative estimate of drug-likeness (QED) is 0.816. The number of halogens is 4. The van der Waals surface area contributed by atoms with E-state index in [1.165, 1.54) is 6.07 Å². The van der Waals surface area contributed by atoms with Gasteiger partial charge in [0.15, 0.2) is 0 Å². The van der Waals surface area contributed by atoms with Gasteiger partial charge in [-0.2, -0.15) is 13.2 Å². The third kappa shape index (κ3) is 3.32. The number of hydrogen-bond acceptors (Lipinski definition) is 1. The minimum Gasteiger partial charge on any atom is -0.316 e. The summed E-state index contributed by atoms with van der Waals surface area (Å²) in [7, 11) is 0. The summed E-state index contributed by atoms with van der Waals surface area (Å²) in [4.78, 5) is 0. The zero-order chi connectivity index (χ0) is 14.8. The van der Waals surface area contributed by atoms with Crippen molar-refractivity contribution in [2.75, 3.05) is 13.1 Å². The maximum Gasteiger partial charge on any atom is 0.419 e. The van der Waals surface area contributed by atoms with Gasteiger partial charge in [0, 0.05) is 0 Å². The summed E-state index contributed by atoms with van der Waals surface area (Å²) in [6.07, 6.45) is -1.87. The number of benzene rings is 1. The van der Waals surface area contributed by atoms with Crippen LogP contribution in [0.1, 0.15) is 43.2 Å². The average Bonchev–Trinajstić information content (AvgIpc) is 2.39. The second-order valence-electron chi connectivity index (χ2n) is 5.39. The molecule has 5 heteroatoms. The van der Waals surface area contributed by atoms with E-state index in [-0.39, 0.29) is 5.92 Å². The topological polar surface area (TPSA) is 12.0 Å². The van der Waals surface area contributed by atoms with Crippen molar-refractivity contribution in [3.63, 3.8) is 0 Å². The van der Waals surface area contributed by atoms with E-state index in [0.29, 0.717) is 11.5 Å². The van der Waals surface area contributed by atoms with Gasteiger partial charge in [0.05, 0.1) is 5.56 Å². The molecular weight excluding hydrogens is 270 g/mol. The first-order valence-corrected chi connectivity index (χ1v) is 7.00. The summed E-state index contributed by atoms with van der Waals surface area (Å²) in [5.41, 5.74) is -0.539. The van der Waals surface area contributed by atoms with Crippen LogP contribution in [0.4, 0.5) is 17.6 Å². The van der Waals surface area contributed by atoms with Gasteiger partial charge in [-0.05, 0) is 55.5 Å². The minimum absolute atomic E-state index is 0.0814. The van der Waals surface area contributed by atoms with E-state index >= 15 is 0 Å². The van der Waals surface area contributed by atoms with Crippen LogP contribution in [0, 0.1) is 11.7 Å². The van der Waals surface area contributed by atoms with Crippen LogP contribution in [0.3, 0.4) is 0 Å². The summed E-state index contributed by atoms with van der Waals surface area (Å²) >= 11 is 0. The number of alkyl halides is 3. The first-order valence-electron chi connectivity index (χ1n) is 7.00. The smallest absolute Gasteiger partial charge is 0.316 e. The van der Waals surface area contributed by atoms with E-state index in [1.54, 1.807) is 0 Å². The third-order valence-electron chi connectivity index (χ3n) is 3.99. The van der Waals surface area contributed by atoms with Crippen LogP contribution in [0.15, 0.2) is 18.2 Å². The van der Waals surface area contributed by atoms with Gasteiger partial charge in [-0.15, -0.1) is 0 Å². The van der Waals surface area contributed by atoms with Crippen molar-refractivity contribution in [3.8, 4) is 0 Å². The molecule has 112 valence electrons. The summed E-state index contributed by atoms with van der Waals surface area (Å²) < 4.78 is 51.7. The minimum atomic E-state index is -4.63. The van der Waals surface area contributed by atoms with Crippen molar-refractivity contribution in [1.29, 1.82) is 0 Å². The monoisotopic (exact) mass is 289 g/mol. The third-order valence-corrected chi connectivity index (χ3v) is 3.99. The highest BCUT2D eigenvalue weighted by Crippen LogP contribution is 2.37. The molecule has 0 amide bonds. The van der Waals surface area contributed by atoms with Gasteiger partial charge in [0.25, 0.3) is 0 Å². The molecule has 1 saturated heterocycles. The van der Waals surface area contributed by atoms with Crippen LogP contribution < -0.4 is 5.32 Å². The lowest BCUT2D eigenvalue weighted by Gasteiger charge is -2.33. The summed E-state index contributed by atoms with van der Waals surface area (Å²) in [6.45, 7) is 3.68. The molecule has 0 saturated carbocycles. The highest BCUT2D eigenvalue weighted by Gasteiger charge is 2.35. The lowest BCUT2D eigenvalue weighted by Crippen LogP contribution is -2.35. The van der Waals surface area contributed by atoms with Gasteiger partial charge < -0.3 is 5.32 Å². The second-order valence-corrected chi connectivity index (χ2v) is 5.39. The van der Waals surface area contributed by atoms with E-state index in [4.69, 9.17) is 0 Å². The molecule has 0 aliphatic carbocycles. The van der Waals surface area contributed by atoms with Gasteiger partial charge >= 0.3 is 6.18 Å². The Morgan fingerprint density at radius 1 is 1.30 bits per heavy atom. The Morgan fingerprint density at radius 2 is 2.05 bits per heavy atom. The van der Waals surface area contributed by atoms with Crippen LogP contribution in [-0.2, 0) is 6.18 Å². The van der Waals surface area contributed by atoms with Gasteiger partial charge in [-0.3, -0.25) is 0 Å². The Bertz CT molecular complexity index is 454. The molecule has 1 aliphatic heterocycles. The number of rotatable bonds is 3. The molecule has 1 aromatic carbocycles.